The van der Waals surface area contributed by atoms with Gasteiger partial charge in [-0.25, -0.2) is 0 Å². The lowest BCUT2D eigenvalue weighted by Crippen LogP contribution is -2.43. The van der Waals surface area contributed by atoms with Crippen molar-refractivity contribution in [3.8, 4) is 0 Å². The smallest absolute Gasteiger partial charge is 0.263 e. The summed E-state index contributed by atoms with van der Waals surface area (Å²) in [4.78, 5) is 28.2. The van der Waals surface area contributed by atoms with E-state index in [0.717, 1.165) is 50.9 Å². The molecule has 29 heavy (non-hydrogen) atoms. The van der Waals surface area contributed by atoms with E-state index in [-0.39, 0.29) is 11.5 Å². The molecule has 7 nitrogen and oxygen atoms in total. The lowest BCUT2D eigenvalue weighted by atomic mass is 9.96. The molecular weight excluding hydrogens is 366 g/mol. The van der Waals surface area contributed by atoms with Gasteiger partial charge in [0, 0.05) is 44.8 Å². The average molecular weight is 398 g/mol. The molecule has 0 saturated carbocycles. The summed E-state index contributed by atoms with van der Waals surface area (Å²) in [6.07, 6.45) is 9.78. The lowest BCUT2D eigenvalue weighted by Gasteiger charge is -2.32. The standard InChI is InChI=1S/C22H31N5O2/c1-17-5-11-26(15-19-4-2-8-23-14-19)22(29)20(17)21(28)25-12-6-18(7-13-25)16-27-10-3-9-24-27/h3,5,9-11,18-19,23H,2,4,6-8,12-16H2,1H3. The summed E-state index contributed by atoms with van der Waals surface area (Å²) in [5.41, 5.74) is 0.984. The molecular formula is C22H31N5O2. The van der Waals surface area contributed by atoms with Gasteiger partial charge in [-0.1, -0.05) is 0 Å². The van der Waals surface area contributed by atoms with Crippen LogP contribution < -0.4 is 10.9 Å². The number of aryl methyl sites for hydroxylation is 1. The molecule has 0 aromatic carbocycles. The number of hydrogen-bond acceptors (Lipinski definition) is 4. The predicted molar refractivity (Wildman–Crippen MR) is 112 cm³/mol. The van der Waals surface area contributed by atoms with E-state index in [2.05, 4.69) is 10.4 Å². The summed E-state index contributed by atoms with van der Waals surface area (Å²) in [6.45, 7) is 6.83. The molecule has 4 heterocycles. The molecule has 2 aliphatic heterocycles. The summed E-state index contributed by atoms with van der Waals surface area (Å²) < 4.78 is 3.70. The molecule has 0 spiro atoms. The normalized spacial score (nSPS) is 20.7. The third-order valence-electron chi connectivity index (χ3n) is 6.35. The van der Waals surface area contributed by atoms with Crippen molar-refractivity contribution in [1.29, 1.82) is 0 Å². The lowest BCUT2D eigenvalue weighted by molar-refractivity contribution is 0.0677. The van der Waals surface area contributed by atoms with E-state index in [0.29, 0.717) is 37.0 Å². The first kappa shape index (κ1) is 19.9. The molecule has 2 saturated heterocycles. The number of likely N-dealkylation sites (tertiary alicyclic amines) is 1. The number of rotatable bonds is 5. The molecule has 2 fully saturated rings. The zero-order valence-corrected chi connectivity index (χ0v) is 17.2. The minimum atomic E-state index is -0.140. The van der Waals surface area contributed by atoms with Crippen LogP contribution in [0.4, 0.5) is 0 Å². The van der Waals surface area contributed by atoms with Gasteiger partial charge >= 0.3 is 0 Å². The van der Waals surface area contributed by atoms with Crippen LogP contribution in [0.2, 0.25) is 0 Å². The van der Waals surface area contributed by atoms with Crippen LogP contribution in [-0.4, -0.2) is 51.3 Å². The van der Waals surface area contributed by atoms with E-state index in [4.69, 9.17) is 0 Å². The van der Waals surface area contributed by atoms with Gasteiger partial charge in [0.15, 0.2) is 0 Å². The molecule has 0 bridgehead atoms. The Labute approximate surface area is 171 Å². The summed E-state index contributed by atoms with van der Waals surface area (Å²) in [5, 5.41) is 7.68. The molecule has 4 rings (SSSR count). The van der Waals surface area contributed by atoms with Gasteiger partial charge in [0.2, 0.25) is 0 Å². The van der Waals surface area contributed by atoms with Crippen LogP contribution in [0, 0.1) is 18.8 Å². The number of piperidine rings is 2. The highest BCUT2D eigenvalue weighted by molar-refractivity contribution is 5.95. The quantitative estimate of drug-likeness (QED) is 0.837. The van der Waals surface area contributed by atoms with E-state index in [9.17, 15) is 9.59 Å². The van der Waals surface area contributed by atoms with Crippen molar-refractivity contribution >= 4 is 5.91 Å². The fourth-order valence-corrected chi connectivity index (χ4v) is 4.58. The topological polar surface area (TPSA) is 72.2 Å². The first-order valence-electron chi connectivity index (χ1n) is 10.8. The maximum absolute atomic E-state index is 13.2. The Morgan fingerprint density at radius 1 is 1.17 bits per heavy atom. The van der Waals surface area contributed by atoms with Gasteiger partial charge in [-0.3, -0.25) is 14.3 Å². The van der Waals surface area contributed by atoms with Crippen molar-refractivity contribution in [2.45, 2.75) is 45.7 Å². The Morgan fingerprint density at radius 3 is 2.69 bits per heavy atom. The molecule has 2 aromatic heterocycles. The molecule has 7 heteroatoms. The number of hydrogen-bond donors (Lipinski definition) is 1. The van der Waals surface area contributed by atoms with Gasteiger partial charge in [0.05, 0.1) is 0 Å². The second kappa shape index (κ2) is 8.95. The van der Waals surface area contributed by atoms with Gasteiger partial charge in [-0.05, 0) is 75.2 Å². The minimum Gasteiger partial charge on any atom is -0.338 e. The third-order valence-corrected chi connectivity index (χ3v) is 6.35. The van der Waals surface area contributed by atoms with E-state index in [1.54, 1.807) is 10.8 Å². The summed E-state index contributed by atoms with van der Waals surface area (Å²) >= 11 is 0. The van der Waals surface area contributed by atoms with Crippen LogP contribution in [0.25, 0.3) is 0 Å². The highest BCUT2D eigenvalue weighted by atomic mass is 16.2. The Bertz CT molecular complexity index is 875. The molecule has 2 aliphatic rings. The van der Waals surface area contributed by atoms with Crippen LogP contribution in [0.15, 0.2) is 35.5 Å². The van der Waals surface area contributed by atoms with Gasteiger partial charge in [-0.15, -0.1) is 0 Å². The molecule has 1 unspecified atom stereocenters. The van der Waals surface area contributed by atoms with Gasteiger partial charge in [0.25, 0.3) is 11.5 Å². The highest BCUT2D eigenvalue weighted by Crippen LogP contribution is 2.21. The molecule has 156 valence electrons. The Balaban J connectivity index is 1.43. The molecule has 2 aromatic rings. The number of carbonyl (C=O) groups excluding carboxylic acids is 1. The summed E-state index contributed by atoms with van der Waals surface area (Å²) in [6, 6.07) is 3.85. The third kappa shape index (κ3) is 4.61. The second-order valence-electron chi connectivity index (χ2n) is 8.51. The van der Waals surface area contributed by atoms with Crippen molar-refractivity contribution in [3.63, 3.8) is 0 Å². The van der Waals surface area contributed by atoms with Crippen LogP contribution in [-0.2, 0) is 13.1 Å². The van der Waals surface area contributed by atoms with Gasteiger partial charge in [-0.2, -0.15) is 5.10 Å². The monoisotopic (exact) mass is 397 g/mol. The van der Waals surface area contributed by atoms with Gasteiger partial charge < -0.3 is 14.8 Å². The number of nitrogens with zero attached hydrogens (tertiary/aromatic N) is 4. The minimum absolute atomic E-state index is 0.110. The Hall–Kier alpha value is -2.41. The number of nitrogens with one attached hydrogen (secondary N) is 1. The molecule has 1 atom stereocenters. The van der Waals surface area contributed by atoms with Crippen LogP contribution >= 0.6 is 0 Å². The molecule has 0 radical (unpaired) electrons. The summed E-state index contributed by atoms with van der Waals surface area (Å²) in [7, 11) is 0. The molecule has 0 aliphatic carbocycles. The van der Waals surface area contributed by atoms with Crippen LogP contribution in [0.5, 0.6) is 0 Å². The fraction of sp³-hybridized carbons (Fsp3) is 0.591. The largest absolute Gasteiger partial charge is 0.338 e. The Morgan fingerprint density at radius 2 is 2.00 bits per heavy atom. The fourth-order valence-electron chi connectivity index (χ4n) is 4.58. The Kier molecular flexibility index (Phi) is 6.13. The predicted octanol–water partition coefficient (Wildman–Crippen LogP) is 1.91. The van der Waals surface area contributed by atoms with E-state index < -0.39 is 0 Å². The van der Waals surface area contributed by atoms with E-state index in [1.807, 2.05) is 41.0 Å². The number of aromatic nitrogens is 3. The number of carbonyl (C=O) groups is 1. The SMILES string of the molecule is Cc1ccn(CC2CCCNC2)c(=O)c1C(=O)N1CCC(Cn2cccn2)CC1. The zero-order chi connectivity index (χ0) is 20.2. The molecule has 1 amide bonds. The first-order valence-corrected chi connectivity index (χ1v) is 10.8. The van der Waals surface area contributed by atoms with Crippen molar-refractivity contribution in [3.05, 3.63) is 52.2 Å². The van der Waals surface area contributed by atoms with Crippen molar-refractivity contribution in [1.82, 2.24) is 24.6 Å². The molecule has 1 N–H and O–H groups in total. The average Bonchev–Trinajstić information content (AvgIpc) is 3.24. The number of pyridine rings is 1. The van der Waals surface area contributed by atoms with Crippen molar-refractivity contribution in [2.24, 2.45) is 11.8 Å². The maximum atomic E-state index is 13.2. The highest BCUT2D eigenvalue weighted by Gasteiger charge is 2.27. The van der Waals surface area contributed by atoms with Crippen LogP contribution in [0.1, 0.15) is 41.6 Å². The van der Waals surface area contributed by atoms with Gasteiger partial charge in [0.1, 0.15) is 5.56 Å². The van der Waals surface area contributed by atoms with Crippen molar-refractivity contribution < 1.29 is 4.79 Å². The van der Waals surface area contributed by atoms with Crippen molar-refractivity contribution in [2.75, 3.05) is 26.2 Å². The maximum Gasteiger partial charge on any atom is 0.263 e. The summed E-state index contributed by atoms with van der Waals surface area (Å²) in [5.74, 6) is 0.859. The zero-order valence-electron chi connectivity index (χ0n) is 17.2. The second-order valence-corrected chi connectivity index (χ2v) is 8.51. The van der Waals surface area contributed by atoms with E-state index in [1.165, 1.54) is 0 Å². The van der Waals surface area contributed by atoms with E-state index >= 15 is 0 Å². The number of amides is 1. The van der Waals surface area contributed by atoms with Crippen LogP contribution in [0.3, 0.4) is 0 Å². The first-order chi connectivity index (χ1) is 14.1.